The van der Waals surface area contributed by atoms with Crippen molar-refractivity contribution in [2.45, 2.75) is 5.92 Å². The van der Waals surface area contributed by atoms with Gasteiger partial charge in [0.15, 0.2) is 23.0 Å². The Balaban J connectivity index is 1.49. The van der Waals surface area contributed by atoms with E-state index in [0.29, 0.717) is 28.9 Å². The molecule has 8 nitrogen and oxygen atoms in total. The predicted molar refractivity (Wildman–Crippen MR) is 155 cm³/mol. The zero-order chi connectivity index (χ0) is 27.4. The molecule has 7 rings (SSSR count). The molecule has 2 aromatic heterocycles. The number of hydrogen-bond acceptors (Lipinski definition) is 7. The number of hydrogen-bond donors (Lipinski definition) is 0. The van der Waals surface area contributed by atoms with Crippen molar-refractivity contribution in [2.24, 2.45) is 0 Å². The average molecular weight is 530 g/mol. The van der Waals surface area contributed by atoms with Gasteiger partial charge in [0.2, 0.25) is 5.88 Å². The largest absolute Gasteiger partial charge is 0.493 e. The summed E-state index contributed by atoms with van der Waals surface area (Å²) < 4.78 is 19.4. The normalized spacial score (nSPS) is 13.9. The first-order valence-electron chi connectivity index (χ1n) is 13.0. The summed E-state index contributed by atoms with van der Waals surface area (Å²) in [6, 6.07) is 26.6. The highest BCUT2D eigenvalue weighted by atomic mass is 16.5. The van der Waals surface area contributed by atoms with Crippen LogP contribution in [0.5, 0.6) is 23.1 Å². The molecule has 0 radical (unpaired) electrons. The lowest BCUT2D eigenvalue weighted by molar-refractivity contribution is 0.354. The molecule has 0 spiro atoms. The summed E-state index contributed by atoms with van der Waals surface area (Å²) in [7, 11) is 7.33. The molecule has 0 fully saturated rings. The highest BCUT2D eigenvalue weighted by molar-refractivity contribution is 5.91. The van der Waals surface area contributed by atoms with Gasteiger partial charge in [-0.25, -0.2) is 14.5 Å². The molecule has 0 saturated carbocycles. The van der Waals surface area contributed by atoms with Gasteiger partial charge in [0.05, 0.1) is 19.8 Å². The quantitative estimate of drug-likeness (QED) is 0.259. The smallest absolute Gasteiger partial charge is 0.228 e. The first-order valence-corrected chi connectivity index (χ1v) is 13.0. The van der Waals surface area contributed by atoms with Crippen molar-refractivity contribution in [1.82, 2.24) is 19.6 Å². The SMILES string of the molecule is COc1ccc([C@@H]2c3c(ccc4ccccc34)Oc3ncn4nc(-c5ccc(N(C)C)cc5)nc4c32)cc1OC. The van der Waals surface area contributed by atoms with E-state index in [4.69, 9.17) is 29.3 Å². The standard InChI is InChI=1S/C32H27N5O3/c1-36(2)22-13-9-20(10-14-22)30-34-31-29-27(21-12-15-24(38-3)26(17-21)39-4)28-23-8-6-5-7-19(23)11-16-25(28)40-32(29)33-18-37(31)35-30/h5-18,27H,1-4H3/t27-/m1/s1. The zero-order valence-electron chi connectivity index (χ0n) is 22.6. The van der Waals surface area contributed by atoms with E-state index in [1.165, 1.54) is 0 Å². The van der Waals surface area contributed by atoms with Crippen molar-refractivity contribution < 1.29 is 14.2 Å². The lowest BCUT2D eigenvalue weighted by Crippen LogP contribution is -2.15. The van der Waals surface area contributed by atoms with E-state index >= 15 is 0 Å². The molecular formula is C32H27N5O3. The fraction of sp³-hybridized carbons (Fsp3) is 0.156. The van der Waals surface area contributed by atoms with Gasteiger partial charge in [-0.15, -0.1) is 5.10 Å². The van der Waals surface area contributed by atoms with E-state index in [-0.39, 0.29) is 5.92 Å². The lowest BCUT2D eigenvalue weighted by Gasteiger charge is -2.29. The summed E-state index contributed by atoms with van der Waals surface area (Å²) in [6.07, 6.45) is 1.66. The fourth-order valence-corrected chi connectivity index (χ4v) is 5.50. The maximum Gasteiger partial charge on any atom is 0.228 e. The van der Waals surface area contributed by atoms with Crippen molar-refractivity contribution in [3.63, 3.8) is 0 Å². The van der Waals surface area contributed by atoms with Gasteiger partial charge in [0.25, 0.3) is 0 Å². The van der Waals surface area contributed by atoms with Crippen LogP contribution in [0.4, 0.5) is 5.69 Å². The first kappa shape index (κ1) is 24.0. The molecule has 4 aromatic carbocycles. The number of rotatable bonds is 5. The maximum absolute atomic E-state index is 6.45. The molecule has 198 valence electrons. The molecule has 1 atom stereocenters. The molecule has 1 aliphatic rings. The van der Waals surface area contributed by atoms with Crippen molar-refractivity contribution in [2.75, 3.05) is 33.2 Å². The van der Waals surface area contributed by atoms with Gasteiger partial charge >= 0.3 is 0 Å². The van der Waals surface area contributed by atoms with Gasteiger partial charge in [-0.3, -0.25) is 0 Å². The lowest BCUT2D eigenvalue weighted by atomic mass is 9.81. The van der Waals surface area contributed by atoms with Crippen LogP contribution in [0.2, 0.25) is 0 Å². The minimum atomic E-state index is -0.242. The van der Waals surface area contributed by atoms with Crippen LogP contribution < -0.4 is 19.1 Å². The van der Waals surface area contributed by atoms with Gasteiger partial charge in [-0.05, 0) is 58.8 Å². The second kappa shape index (κ2) is 9.27. The summed E-state index contributed by atoms with van der Waals surface area (Å²) >= 11 is 0. The number of methoxy groups -OCH3 is 2. The Hall–Kier alpha value is -5.11. The molecular weight excluding hydrogens is 502 g/mol. The van der Waals surface area contributed by atoms with Crippen LogP contribution >= 0.6 is 0 Å². The Kier molecular flexibility index (Phi) is 5.55. The molecule has 1 aliphatic heterocycles. The van der Waals surface area contributed by atoms with E-state index in [1.54, 1.807) is 25.1 Å². The van der Waals surface area contributed by atoms with Crippen molar-refractivity contribution in [3.8, 4) is 34.5 Å². The first-order chi connectivity index (χ1) is 19.6. The Morgan fingerprint density at radius 2 is 1.65 bits per heavy atom. The summed E-state index contributed by atoms with van der Waals surface area (Å²) in [4.78, 5) is 11.8. The number of ether oxygens (including phenoxy) is 3. The third kappa shape index (κ3) is 3.71. The second-order valence-electron chi connectivity index (χ2n) is 9.96. The van der Waals surface area contributed by atoms with Crippen molar-refractivity contribution >= 4 is 22.1 Å². The molecule has 0 N–H and O–H groups in total. The van der Waals surface area contributed by atoms with Crippen LogP contribution in [0.3, 0.4) is 0 Å². The van der Waals surface area contributed by atoms with Crippen LogP contribution in [0.25, 0.3) is 27.8 Å². The number of nitrogens with zero attached hydrogens (tertiary/aromatic N) is 5. The molecule has 6 aromatic rings. The number of fused-ring (bicyclic) bond motifs is 6. The second-order valence-corrected chi connectivity index (χ2v) is 9.96. The molecule has 0 amide bonds. The third-order valence-corrected chi connectivity index (χ3v) is 7.48. The Morgan fingerprint density at radius 1 is 0.850 bits per heavy atom. The highest BCUT2D eigenvalue weighted by Gasteiger charge is 2.35. The van der Waals surface area contributed by atoms with Gasteiger partial charge in [0, 0.05) is 36.8 Å². The van der Waals surface area contributed by atoms with E-state index < -0.39 is 0 Å². The average Bonchev–Trinajstić information content (AvgIpc) is 3.44. The van der Waals surface area contributed by atoms with Crippen molar-refractivity contribution in [1.29, 1.82) is 0 Å². The van der Waals surface area contributed by atoms with Crippen molar-refractivity contribution in [3.05, 3.63) is 102 Å². The molecule has 40 heavy (non-hydrogen) atoms. The number of benzene rings is 4. The zero-order valence-corrected chi connectivity index (χ0v) is 22.6. The number of aromatic nitrogens is 4. The fourth-order valence-electron chi connectivity index (χ4n) is 5.50. The van der Waals surface area contributed by atoms with Crippen LogP contribution in [0.1, 0.15) is 22.6 Å². The molecule has 0 saturated heterocycles. The van der Waals surface area contributed by atoms with E-state index in [0.717, 1.165) is 44.5 Å². The summed E-state index contributed by atoms with van der Waals surface area (Å²) in [5, 5.41) is 7.03. The molecule has 0 unspecified atom stereocenters. The minimum absolute atomic E-state index is 0.242. The topological polar surface area (TPSA) is 74.0 Å². The van der Waals surface area contributed by atoms with Crippen LogP contribution in [-0.4, -0.2) is 47.9 Å². The Bertz CT molecular complexity index is 1900. The van der Waals surface area contributed by atoms with Crippen LogP contribution in [0.15, 0.2) is 85.2 Å². The highest BCUT2D eigenvalue weighted by Crippen LogP contribution is 2.51. The van der Waals surface area contributed by atoms with E-state index in [1.807, 2.05) is 50.5 Å². The predicted octanol–water partition coefficient (Wildman–Crippen LogP) is 6.31. The van der Waals surface area contributed by atoms with Crippen LogP contribution in [-0.2, 0) is 0 Å². The van der Waals surface area contributed by atoms with Gasteiger partial charge in [0.1, 0.15) is 12.1 Å². The molecule has 3 heterocycles. The number of anilines is 1. The van der Waals surface area contributed by atoms with Gasteiger partial charge < -0.3 is 19.1 Å². The molecule has 0 aliphatic carbocycles. The minimum Gasteiger partial charge on any atom is -0.493 e. The van der Waals surface area contributed by atoms with Gasteiger partial charge in [-0.1, -0.05) is 36.4 Å². The van der Waals surface area contributed by atoms with Gasteiger partial charge in [-0.2, -0.15) is 0 Å². The molecule has 8 heteroatoms. The summed E-state index contributed by atoms with van der Waals surface area (Å²) in [6.45, 7) is 0. The monoisotopic (exact) mass is 529 g/mol. The maximum atomic E-state index is 6.45. The third-order valence-electron chi connectivity index (χ3n) is 7.48. The Labute approximate surface area is 231 Å². The van der Waals surface area contributed by atoms with E-state index in [2.05, 4.69) is 47.4 Å². The summed E-state index contributed by atoms with van der Waals surface area (Å²) in [5.74, 6) is 2.97. The van der Waals surface area contributed by atoms with E-state index in [9.17, 15) is 0 Å². The molecule has 0 bridgehead atoms. The summed E-state index contributed by atoms with van der Waals surface area (Å²) in [5.41, 5.74) is 5.63. The van der Waals surface area contributed by atoms with Crippen LogP contribution in [0, 0.1) is 0 Å². The Morgan fingerprint density at radius 3 is 2.42 bits per heavy atom.